The molecule has 4 nitrogen and oxygen atoms in total. The molecular weight excluding hydrogens is 220 g/mol. The van der Waals surface area contributed by atoms with Crippen molar-refractivity contribution in [3.8, 4) is 0 Å². The lowest BCUT2D eigenvalue weighted by atomic mass is 9.89. The second-order valence-corrected chi connectivity index (χ2v) is 6.37. The third kappa shape index (κ3) is 1.98. The van der Waals surface area contributed by atoms with Crippen molar-refractivity contribution in [3.05, 3.63) is 17.5 Å². The molecule has 78 valence electrons. The highest BCUT2D eigenvalue weighted by molar-refractivity contribution is 7.91. The molecule has 14 heavy (non-hydrogen) atoms. The maximum Gasteiger partial charge on any atom is 0.250 e. The first kappa shape index (κ1) is 10.1. The van der Waals surface area contributed by atoms with Crippen molar-refractivity contribution in [1.82, 2.24) is 4.72 Å². The first-order chi connectivity index (χ1) is 6.58. The van der Waals surface area contributed by atoms with E-state index in [1.807, 2.05) is 0 Å². The molecule has 0 spiro atoms. The van der Waals surface area contributed by atoms with Gasteiger partial charge in [-0.1, -0.05) is 6.07 Å². The van der Waals surface area contributed by atoms with Gasteiger partial charge in [0.05, 0.1) is 0 Å². The Hall–Kier alpha value is -0.430. The Morgan fingerprint density at radius 2 is 2.21 bits per heavy atom. The van der Waals surface area contributed by atoms with Crippen LogP contribution in [-0.2, 0) is 10.0 Å². The summed E-state index contributed by atoms with van der Waals surface area (Å²) < 4.78 is 26.3. The third-order valence-electron chi connectivity index (χ3n) is 2.26. The number of hydrogen-bond acceptors (Lipinski definition) is 4. The van der Waals surface area contributed by atoms with Crippen LogP contribution in [0.3, 0.4) is 0 Å². The summed E-state index contributed by atoms with van der Waals surface area (Å²) in [5.74, 6) is 0. The number of thiophene rings is 1. The smallest absolute Gasteiger partial charge is 0.250 e. The minimum absolute atomic E-state index is 0.0251. The van der Waals surface area contributed by atoms with E-state index >= 15 is 0 Å². The molecule has 1 aliphatic carbocycles. The fourth-order valence-electron chi connectivity index (χ4n) is 1.45. The van der Waals surface area contributed by atoms with Gasteiger partial charge in [-0.2, -0.15) is 0 Å². The average Bonchev–Trinajstić information content (AvgIpc) is 2.52. The van der Waals surface area contributed by atoms with Gasteiger partial charge in [0.15, 0.2) is 0 Å². The first-order valence-electron chi connectivity index (χ1n) is 4.39. The quantitative estimate of drug-likeness (QED) is 0.798. The Bertz CT molecular complexity index is 393. The van der Waals surface area contributed by atoms with Crippen LogP contribution in [0.5, 0.6) is 0 Å². The molecular formula is C8H12N2O2S2. The van der Waals surface area contributed by atoms with Crippen LogP contribution < -0.4 is 10.5 Å². The van der Waals surface area contributed by atoms with E-state index < -0.39 is 10.0 Å². The molecule has 0 radical (unpaired) electrons. The van der Waals surface area contributed by atoms with Crippen molar-refractivity contribution in [2.75, 3.05) is 0 Å². The molecule has 0 atom stereocenters. The van der Waals surface area contributed by atoms with E-state index in [9.17, 15) is 8.42 Å². The highest BCUT2D eigenvalue weighted by Gasteiger charge is 2.30. The standard InChI is InChI=1S/C8H12N2O2S2/c9-6-4-7(5-6)10-14(11,12)8-2-1-3-13-8/h1-3,6-7,10H,4-5,9H2. The molecule has 1 saturated carbocycles. The van der Waals surface area contributed by atoms with E-state index in [1.54, 1.807) is 17.5 Å². The van der Waals surface area contributed by atoms with Gasteiger partial charge in [0.25, 0.3) is 0 Å². The van der Waals surface area contributed by atoms with Gasteiger partial charge < -0.3 is 5.73 Å². The zero-order valence-electron chi connectivity index (χ0n) is 7.51. The lowest BCUT2D eigenvalue weighted by Gasteiger charge is -2.32. The second kappa shape index (κ2) is 3.62. The van der Waals surface area contributed by atoms with Crippen LogP contribution in [0.1, 0.15) is 12.8 Å². The zero-order valence-corrected chi connectivity index (χ0v) is 9.14. The third-order valence-corrected chi connectivity index (χ3v) is 5.17. The van der Waals surface area contributed by atoms with Gasteiger partial charge in [-0.3, -0.25) is 0 Å². The van der Waals surface area contributed by atoms with Crippen LogP contribution in [0.25, 0.3) is 0 Å². The van der Waals surface area contributed by atoms with Gasteiger partial charge in [0, 0.05) is 12.1 Å². The average molecular weight is 232 g/mol. The molecule has 1 aliphatic rings. The van der Waals surface area contributed by atoms with Gasteiger partial charge in [-0.15, -0.1) is 11.3 Å². The number of nitrogens with one attached hydrogen (secondary N) is 1. The van der Waals surface area contributed by atoms with Crippen LogP contribution in [0.4, 0.5) is 0 Å². The molecule has 1 aromatic rings. The van der Waals surface area contributed by atoms with Gasteiger partial charge in [-0.05, 0) is 24.3 Å². The lowest BCUT2D eigenvalue weighted by molar-refractivity contribution is 0.327. The molecule has 6 heteroatoms. The van der Waals surface area contributed by atoms with E-state index in [-0.39, 0.29) is 12.1 Å². The highest BCUT2D eigenvalue weighted by atomic mass is 32.2. The lowest BCUT2D eigenvalue weighted by Crippen LogP contribution is -2.50. The minimum Gasteiger partial charge on any atom is -0.328 e. The van der Waals surface area contributed by atoms with Gasteiger partial charge in [0.1, 0.15) is 4.21 Å². The van der Waals surface area contributed by atoms with Gasteiger partial charge >= 0.3 is 0 Å². The Balaban J connectivity index is 2.04. The molecule has 2 rings (SSSR count). The van der Waals surface area contributed by atoms with Crippen LogP contribution in [0, 0.1) is 0 Å². The summed E-state index contributed by atoms with van der Waals surface area (Å²) in [6.07, 6.45) is 1.48. The van der Waals surface area contributed by atoms with Crippen molar-refractivity contribution in [2.45, 2.75) is 29.1 Å². The largest absolute Gasteiger partial charge is 0.328 e. The molecule has 1 aromatic heterocycles. The van der Waals surface area contributed by atoms with Crippen LogP contribution >= 0.6 is 11.3 Å². The Morgan fingerprint density at radius 1 is 1.50 bits per heavy atom. The number of hydrogen-bond donors (Lipinski definition) is 2. The van der Waals surface area contributed by atoms with Crippen LogP contribution in [0.2, 0.25) is 0 Å². The van der Waals surface area contributed by atoms with E-state index in [0.717, 1.165) is 12.8 Å². The molecule has 0 bridgehead atoms. The Kier molecular flexibility index (Phi) is 2.61. The molecule has 0 amide bonds. The van der Waals surface area contributed by atoms with Crippen LogP contribution in [-0.4, -0.2) is 20.5 Å². The van der Waals surface area contributed by atoms with Gasteiger partial charge in [-0.25, -0.2) is 13.1 Å². The zero-order chi connectivity index (χ0) is 10.2. The van der Waals surface area contributed by atoms with E-state index in [4.69, 9.17) is 5.73 Å². The van der Waals surface area contributed by atoms with E-state index in [1.165, 1.54) is 11.3 Å². The summed E-state index contributed by atoms with van der Waals surface area (Å²) in [6, 6.07) is 3.51. The molecule has 0 aliphatic heterocycles. The summed E-state index contributed by atoms with van der Waals surface area (Å²) in [7, 11) is -3.29. The second-order valence-electron chi connectivity index (χ2n) is 3.48. The minimum atomic E-state index is -3.29. The maximum atomic E-state index is 11.7. The van der Waals surface area contributed by atoms with Crippen molar-refractivity contribution in [1.29, 1.82) is 0 Å². The fourth-order valence-corrected chi connectivity index (χ4v) is 3.72. The topological polar surface area (TPSA) is 72.2 Å². The van der Waals surface area contributed by atoms with E-state index in [2.05, 4.69) is 4.72 Å². The fraction of sp³-hybridized carbons (Fsp3) is 0.500. The normalized spacial score (nSPS) is 27.2. The summed E-state index contributed by atoms with van der Waals surface area (Å²) in [6.45, 7) is 0. The van der Waals surface area contributed by atoms with Crippen molar-refractivity contribution < 1.29 is 8.42 Å². The predicted octanol–water partition coefficient (Wildman–Crippen LogP) is 0.516. The number of nitrogens with two attached hydrogens (primary N) is 1. The predicted molar refractivity (Wildman–Crippen MR) is 55.6 cm³/mol. The molecule has 0 saturated heterocycles. The Morgan fingerprint density at radius 3 is 2.71 bits per heavy atom. The number of rotatable bonds is 3. The molecule has 0 unspecified atom stereocenters. The molecule has 3 N–H and O–H groups in total. The highest BCUT2D eigenvalue weighted by Crippen LogP contribution is 2.22. The monoisotopic (exact) mass is 232 g/mol. The first-order valence-corrected chi connectivity index (χ1v) is 6.75. The molecule has 0 aromatic carbocycles. The maximum absolute atomic E-state index is 11.7. The SMILES string of the molecule is NC1CC(NS(=O)(=O)c2cccs2)C1. The van der Waals surface area contributed by atoms with Crippen molar-refractivity contribution in [3.63, 3.8) is 0 Å². The number of sulfonamides is 1. The molecule has 1 heterocycles. The summed E-state index contributed by atoms with van der Waals surface area (Å²) in [4.78, 5) is 0. The van der Waals surface area contributed by atoms with Gasteiger partial charge in [0.2, 0.25) is 10.0 Å². The summed E-state index contributed by atoms with van der Waals surface area (Å²) in [5.41, 5.74) is 5.57. The molecule has 1 fully saturated rings. The van der Waals surface area contributed by atoms with Crippen molar-refractivity contribution in [2.24, 2.45) is 5.73 Å². The van der Waals surface area contributed by atoms with E-state index in [0.29, 0.717) is 4.21 Å². The summed E-state index contributed by atoms with van der Waals surface area (Å²) in [5, 5.41) is 1.75. The van der Waals surface area contributed by atoms with Crippen LogP contribution in [0.15, 0.2) is 21.7 Å². The van der Waals surface area contributed by atoms with Crippen molar-refractivity contribution >= 4 is 21.4 Å². The summed E-state index contributed by atoms with van der Waals surface area (Å²) >= 11 is 1.23. The Labute approximate surface area is 87.2 Å².